The minimum absolute atomic E-state index is 0.0585. The van der Waals surface area contributed by atoms with Crippen molar-refractivity contribution in [1.82, 2.24) is 14.5 Å². The first-order valence-corrected chi connectivity index (χ1v) is 14.3. The smallest absolute Gasteiger partial charge is 0.264 e. The van der Waals surface area contributed by atoms with Crippen LogP contribution in [0.3, 0.4) is 0 Å². The number of aromatic nitrogens is 3. The summed E-state index contributed by atoms with van der Waals surface area (Å²) in [5.74, 6) is 0.280. The lowest BCUT2D eigenvalue weighted by atomic mass is 9.92. The molecule has 202 valence electrons. The molecule has 0 saturated carbocycles. The summed E-state index contributed by atoms with van der Waals surface area (Å²) in [4.78, 5) is 8.54. The average molecular weight is 547 g/mol. The number of ether oxygens (including phenoxy) is 3. The standard InChI is InChI=1S/C29H30N4O5S/c1-19-16-20(2)31-28(30-19)32-39(34,35)25-10-6-23(7-11-25)33-26-12-13-29(37-14-15-38-29)18-22(26)17-27(33)21-4-8-24(36-3)9-5-21/h4-11,16-17H,12-15,18H2,1-3H3,(H,30,31,32). The van der Waals surface area contributed by atoms with Crippen LogP contribution >= 0.6 is 0 Å². The molecule has 1 aliphatic heterocycles. The van der Waals surface area contributed by atoms with E-state index in [4.69, 9.17) is 14.2 Å². The van der Waals surface area contributed by atoms with Crippen LogP contribution in [0, 0.1) is 13.8 Å². The summed E-state index contributed by atoms with van der Waals surface area (Å²) in [5, 5.41) is 0. The summed E-state index contributed by atoms with van der Waals surface area (Å²) < 4.78 is 48.3. The van der Waals surface area contributed by atoms with Gasteiger partial charge in [0.15, 0.2) is 5.79 Å². The SMILES string of the molecule is COc1ccc(-c2cc3c(n2-c2ccc(S(=O)(=O)Nc4nc(C)cc(C)n4)cc2)CCC2(C3)OCCO2)cc1. The fourth-order valence-corrected chi connectivity index (χ4v) is 6.40. The number of anilines is 1. The number of hydrogen-bond acceptors (Lipinski definition) is 7. The number of nitrogens with one attached hydrogen (secondary N) is 1. The highest BCUT2D eigenvalue weighted by Gasteiger charge is 2.41. The fourth-order valence-electron chi connectivity index (χ4n) is 5.45. The van der Waals surface area contributed by atoms with Crippen LogP contribution < -0.4 is 9.46 Å². The molecule has 1 fully saturated rings. The van der Waals surface area contributed by atoms with Gasteiger partial charge in [-0.15, -0.1) is 0 Å². The van der Waals surface area contributed by atoms with E-state index >= 15 is 0 Å². The summed E-state index contributed by atoms with van der Waals surface area (Å²) >= 11 is 0. The minimum atomic E-state index is -3.87. The van der Waals surface area contributed by atoms with Gasteiger partial charge in [0.05, 0.1) is 30.9 Å². The Hall–Kier alpha value is -3.73. The molecule has 1 N–H and O–H groups in total. The van der Waals surface area contributed by atoms with Gasteiger partial charge in [-0.1, -0.05) is 0 Å². The van der Waals surface area contributed by atoms with Crippen LogP contribution in [0.5, 0.6) is 5.75 Å². The molecule has 0 unspecified atom stereocenters. The van der Waals surface area contributed by atoms with Crippen molar-refractivity contribution in [2.24, 2.45) is 0 Å². The third-order valence-electron chi connectivity index (χ3n) is 7.21. The van der Waals surface area contributed by atoms with Crippen molar-refractivity contribution in [3.8, 4) is 22.7 Å². The van der Waals surface area contributed by atoms with Crippen molar-refractivity contribution in [3.05, 3.63) is 83.3 Å². The summed E-state index contributed by atoms with van der Waals surface area (Å²) in [7, 11) is -2.22. The van der Waals surface area contributed by atoms with Crippen LogP contribution in [0.4, 0.5) is 5.95 Å². The van der Waals surface area contributed by atoms with Gasteiger partial charge in [-0.2, -0.15) is 0 Å². The lowest BCUT2D eigenvalue weighted by molar-refractivity contribution is -0.164. The Labute approximate surface area is 227 Å². The molecule has 2 aliphatic rings. The van der Waals surface area contributed by atoms with Crippen molar-refractivity contribution in [2.75, 3.05) is 25.0 Å². The van der Waals surface area contributed by atoms with Crippen LogP contribution in [-0.2, 0) is 32.3 Å². The van der Waals surface area contributed by atoms with Gasteiger partial charge < -0.3 is 18.8 Å². The van der Waals surface area contributed by atoms with E-state index in [1.165, 1.54) is 11.3 Å². The van der Waals surface area contributed by atoms with Crippen molar-refractivity contribution in [2.45, 2.75) is 43.8 Å². The number of benzene rings is 2. The summed E-state index contributed by atoms with van der Waals surface area (Å²) in [6.45, 7) is 4.81. The largest absolute Gasteiger partial charge is 0.497 e. The van der Waals surface area contributed by atoms with Gasteiger partial charge in [0.2, 0.25) is 5.95 Å². The Bertz CT molecular complexity index is 1600. The second kappa shape index (κ2) is 9.78. The van der Waals surface area contributed by atoms with E-state index in [-0.39, 0.29) is 10.8 Å². The van der Waals surface area contributed by atoms with Gasteiger partial charge in [0.25, 0.3) is 10.0 Å². The van der Waals surface area contributed by atoms with Crippen LogP contribution in [-0.4, -0.2) is 49.1 Å². The van der Waals surface area contributed by atoms with Gasteiger partial charge in [-0.3, -0.25) is 0 Å². The van der Waals surface area contributed by atoms with Crippen molar-refractivity contribution in [1.29, 1.82) is 0 Å². The lowest BCUT2D eigenvalue weighted by Crippen LogP contribution is -2.37. The van der Waals surface area contributed by atoms with Crippen molar-refractivity contribution >= 4 is 16.0 Å². The van der Waals surface area contributed by atoms with E-state index in [0.717, 1.165) is 35.5 Å². The molecule has 39 heavy (non-hydrogen) atoms. The molecular formula is C29H30N4O5S. The maximum atomic E-state index is 13.1. The second-order valence-electron chi connectivity index (χ2n) is 9.92. The molecular weight excluding hydrogens is 516 g/mol. The zero-order valence-corrected chi connectivity index (χ0v) is 22.9. The number of methoxy groups -OCH3 is 1. The first-order chi connectivity index (χ1) is 18.7. The first kappa shape index (κ1) is 25.5. The second-order valence-corrected chi connectivity index (χ2v) is 11.6. The van der Waals surface area contributed by atoms with E-state index in [0.29, 0.717) is 31.0 Å². The quantitative estimate of drug-likeness (QED) is 0.377. The molecule has 2 aromatic carbocycles. The van der Waals surface area contributed by atoms with Gasteiger partial charge in [-0.25, -0.2) is 23.1 Å². The van der Waals surface area contributed by atoms with E-state index in [9.17, 15) is 8.42 Å². The molecule has 9 nitrogen and oxygen atoms in total. The molecule has 0 bridgehead atoms. The summed E-state index contributed by atoms with van der Waals surface area (Å²) in [5.41, 5.74) is 6.62. The molecule has 1 spiro atoms. The molecule has 0 amide bonds. The molecule has 0 radical (unpaired) electrons. The maximum Gasteiger partial charge on any atom is 0.264 e. The molecule has 10 heteroatoms. The first-order valence-electron chi connectivity index (χ1n) is 12.9. The zero-order chi connectivity index (χ0) is 27.2. The van der Waals surface area contributed by atoms with Crippen LogP contribution in [0.15, 0.2) is 65.6 Å². The Balaban J connectivity index is 1.37. The molecule has 3 heterocycles. The number of fused-ring (bicyclic) bond motifs is 1. The van der Waals surface area contributed by atoms with Gasteiger partial charge >= 0.3 is 0 Å². The van der Waals surface area contributed by atoms with E-state index < -0.39 is 15.8 Å². The van der Waals surface area contributed by atoms with Crippen LogP contribution in [0.1, 0.15) is 29.1 Å². The van der Waals surface area contributed by atoms with E-state index in [1.54, 1.807) is 39.2 Å². The number of sulfonamides is 1. The highest BCUT2D eigenvalue weighted by atomic mass is 32.2. The Morgan fingerprint density at radius 3 is 2.26 bits per heavy atom. The van der Waals surface area contributed by atoms with Gasteiger partial charge in [0.1, 0.15) is 5.75 Å². The number of aryl methyl sites for hydroxylation is 2. The van der Waals surface area contributed by atoms with E-state index in [2.05, 4.69) is 25.3 Å². The third-order valence-corrected chi connectivity index (χ3v) is 8.55. The molecule has 2 aromatic heterocycles. The normalized spacial score (nSPS) is 16.3. The maximum absolute atomic E-state index is 13.1. The van der Waals surface area contributed by atoms with Crippen LogP contribution in [0.2, 0.25) is 0 Å². The van der Waals surface area contributed by atoms with Crippen LogP contribution in [0.25, 0.3) is 16.9 Å². The number of hydrogen-bond donors (Lipinski definition) is 1. The van der Waals surface area contributed by atoms with E-state index in [1.807, 2.05) is 36.4 Å². The van der Waals surface area contributed by atoms with Gasteiger partial charge in [-0.05, 0) is 92.1 Å². The van der Waals surface area contributed by atoms with Gasteiger partial charge in [0, 0.05) is 35.6 Å². The predicted molar refractivity (Wildman–Crippen MR) is 147 cm³/mol. The molecule has 6 rings (SSSR count). The highest BCUT2D eigenvalue weighted by molar-refractivity contribution is 7.92. The number of nitrogens with zero attached hydrogens (tertiary/aromatic N) is 3. The average Bonchev–Trinajstić information content (AvgIpc) is 3.52. The van der Waals surface area contributed by atoms with Crippen molar-refractivity contribution in [3.63, 3.8) is 0 Å². The Morgan fingerprint density at radius 1 is 0.949 bits per heavy atom. The van der Waals surface area contributed by atoms with Crippen molar-refractivity contribution < 1.29 is 22.6 Å². The Kier molecular flexibility index (Phi) is 6.41. The topological polar surface area (TPSA) is 105 Å². The third kappa shape index (κ3) is 4.91. The minimum Gasteiger partial charge on any atom is -0.497 e. The molecule has 0 atom stereocenters. The lowest BCUT2D eigenvalue weighted by Gasteiger charge is -2.32. The number of rotatable bonds is 6. The summed E-state index contributed by atoms with van der Waals surface area (Å²) in [6, 6.07) is 18.8. The highest BCUT2D eigenvalue weighted by Crippen LogP contribution is 2.40. The molecule has 4 aromatic rings. The fraction of sp³-hybridized carbons (Fsp3) is 0.310. The molecule has 1 saturated heterocycles. The Morgan fingerprint density at radius 2 is 1.62 bits per heavy atom. The monoisotopic (exact) mass is 546 g/mol. The zero-order valence-electron chi connectivity index (χ0n) is 22.1. The summed E-state index contributed by atoms with van der Waals surface area (Å²) in [6.07, 6.45) is 2.21. The molecule has 1 aliphatic carbocycles. The predicted octanol–water partition coefficient (Wildman–Crippen LogP) is 4.59.